The summed E-state index contributed by atoms with van der Waals surface area (Å²) in [6, 6.07) is 6.38. The van der Waals surface area contributed by atoms with Gasteiger partial charge < -0.3 is 14.8 Å². The van der Waals surface area contributed by atoms with E-state index in [1.165, 1.54) is 11.0 Å². The molecule has 2 fully saturated rings. The molecule has 130 valence electrons. The summed E-state index contributed by atoms with van der Waals surface area (Å²) in [5.41, 5.74) is -0.151. The summed E-state index contributed by atoms with van der Waals surface area (Å²) in [4.78, 5) is 14.3. The van der Waals surface area contributed by atoms with Crippen molar-refractivity contribution < 1.29 is 18.7 Å². The first-order valence-electron chi connectivity index (χ1n) is 8.30. The van der Waals surface area contributed by atoms with Crippen LogP contribution in [0.25, 0.3) is 0 Å². The van der Waals surface area contributed by atoms with Crippen LogP contribution in [0.15, 0.2) is 36.1 Å². The maximum Gasteiger partial charge on any atom is 0.293 e. The molecule has 2 saturated heterocycles. The minimum absolute atomic E-state index is 0.291. The zero-order valence-electron chi connectivity index (χ0n) is 13.9. The maximum atomic E-state index is 14.3. The summed E-state index contributed by atoms with van der Waals surface area (Å²) < 4.78 is 25.4. The molecule has 0 aromatic heterocycles. The first kappa shape index (κ1) is 16.9. The van der Waals surface area contributed by atoms with Gasteiger partial charge in [-0.2, -0.15) is 0 Å². The maximum absolute atomic E-state index is 14.3. The second-order valence-electron chi connectivity index (χ2n) is 6.23. The van der Waals surface area contributed by atoms with Crippen molar-refractivity contribution in [3.63, 3.8) is 0 Å². The molecule has 1 N–H and O–H groups in total. The van der Waals surface area contributed by atoms with Crippen molar-refractivity contribution in [2.45, 2.75) is 24.9 Å². The van der Waals surface area contributed by atoms with Gasteiger partial charge in [-0.1, -0.05) is 12.1 Å². The van der Waals surface area contributed by atoms with Crippen LogP contribution in [-0.4, -0.2) is 44.9 Å². The first-order valence-corrected chi connectivity index (χ1v) is 8.30. The molecule has 1 spiro atoms. The SMILES string of the molecule is COCCC=C1OC2(CCNCC2)CN(c2ccccc2F)C1=O. The van der Waals surface area contributed by atoms with Gasteiger partial charge in [-0.05, 0) is 37.7 Å². The number of piperidine rings is 1. The Balaban J connectivity index is 1.93. The molecular formula is C18H23FN2O3. The lowest BCUT2D eigenvalue weighted by Crippen LogP contribution is -2.57. The van der Waals surface area contributed by atoms with Crippen LogP contribution in [0.4, 0.5) is 10.1 Å². The Kier molecular flexibility index (Phi) is 5.16. The Morgan fingerprint density at radius 1 is 1.38 bits per heavy atom. The Labute approximate surface area is 141 Å². The molecule has 2 aliphatic rings. The predicted molar refractivity (Wildman–Crippen MR) is 89.2 cm³/mol. The molecule has 3 rings (SSSR count). The van der Waals surface area contributed by atoms with Gasteiger partial charge in [0.05, 0.1) is 12.2 Å². The molecule has 1 amide bonds. The number of amides is 1. The number of hydrogen-bond donors (Lipinski definition) is 1. The van der Waals surface area contributed by atoms with E-state index in [0.29, 0.717) is 31.0 Å². The number of nitrogens with zero attached hydrogens (tertiary/aromatic N) is 1. The van der Waals surface area contributed by atoms with Crippen molar-refractivity contribution in [1.82, 2.24) is 5.32 Å². The van der Waals surface area contributed by atoms with Crippen LogP contribution in [0.5, 0.6) is 0 Å². The molecule has 24 heavy (non-hydrogen) atoms. The van der Waals surface area contributed by atoms with Gasteiger partial charge in [0, 0.05) is 26.6 Å². The number of methoxy groups -OCH3 is 1. The average Bonchev–Trinajstić information content (AvgIpc) is 2.59. The van der Waals surface area contributed by atoms with E-state index in [9.17, 15) is 9.18 Å². The number of benzene rings is 1. The molecule has 0 aliphatic carbocycles. The second-order valence-corrected chi connectivity index (χ2v) is 6.23. The molecular weight excluding hydrogens is 311 g/mol. The number of halogens is 1. The number of rotatable bonds is 4. The van der Waals surface area contributed by atoms with Gasteiger partial charge in [0.25, 0.3) is 5.91 Å². The molecule has 0 radical (unpaired) electrons. The Morgan fingerprint density at radius 2 is 2.12 bits per heavy atom. The zero-order chi connectivity index (χ0) is 17.0. The lowest BCUT2D eigenvalue weighted by Gasteiger charge is -2.45. The molecule has 0 atom stereocenters. The predicted octanol–water partition coefficient (Wildman–Crippen LogP) is 2.23. The normalized spacial score (nSPS) is 22.0. The number of ether oxygens (including phenoxy) is 2. The number of carbonyl (C=O) groups excluding carboxylic acids is 1. The minimum atomic E-state index is -0.458. The quantitative estimate of drug-likeness (QED) is 0.678. The van der Waals surface area contributed by atoms with E-state index < -0.39 is 11.4 Å². The van der Waals surface area contributed by atoms with Gasteiger partial charge in [0.1, 0.15) is 11.4 Å². The zero-order valence-corrected chi connectivity index (χ0v) is 13.9. The summed E-state index contributed by atoms with van der Waals surface area (Å²) >= 11 is 0. The van der Waals surface area contributed by atoms with E-state index in [4.69, 9.17) is 9.47 Å². The smallest absolute Gasteiger partial charge is 0.293 e. The summed E-state index contributed by atoms with van der Waals surface area (Å²) in [6.07, 6.45) is 3.90. The Morgan fingerprint density at radius 3 is 2.83 bits per heavy atom. The van der Waals surface area contributed by atoms with E-state index in [1.54, 1.807) is 31.4 Å². The van der Waals surface area contributed by atoms with Crippen LogP contribution in [-0.2, 0) is 14.3 Å². The summed E-state index contributed by atoms with van der Waals surface area (Å²) in [6.45, 7) is 2.53. The Hall–Kier alpha value is -1.92. The van der Waals surface area contributed by atoms with Crippen LogP contribution in [0, 0.1) is 5.82 Å². The number of anilines is 1. The van der Waals surface area contributed by atoms with Gasteiger partial charge >= 0.3 is 0 Å². The third-order valence-corrected chi connectivity index (χ3v) is 4.54. The van der Waals surface area contributed by atoms with Crippen LogP contribution in [0.3, 0.4) is 0 Å². The third kappa shape index (κ3) is 3.44. The summed E-state index contributed by atoms with van der Waals surface area (Å²) in [7, 11) is 1.61. The van der Waals surface area contributed by atoms with Crippen LogP contribution in [0.2, 0.25) is 0 Å². The van der Waals surface area contributed by atoms with Crippen molar-refractivity contribution in [3.8, 4) is 0 Å². The Bertz CT molecular complexity index is 626. The fourth-order valence-electron chi connectivity index (χ4n) is 3.25. The number of nitrogens with one attached hydrogen (secondary N) is 1. The summed E-state index contributed by atoms with van der Waals surface area (Å²) in [5.74, 6) is -0.392. The number of carbonyl (C=O) groups is 1. The van der Waals surface area contributed by atoms with Gasteiger partial charge in [-0.15, -0.1) is 0 Å². The average molecular weight is 334 g/mol. The van der Waals surface area contributed by atoms with Crippen molar-refractivity contribution in [3.05, 3.63) is 41.9 Å². The van der Waals surface area contributed by atoms with Gasteiger partial charge in [0.2, 0.25) is 0 Å². The van der Waals surface area contributed by atoms with Crippen LogP contribution < -0.4 is 10.2 Å². The van der Waals surface area contributed by atoms with Gasteiger partial charge in [0.15, 0.2) is 5.76 Å². The molecule has 2 aliphatic heterocycles. The molecule has 2 heterocycles. The van der Waals surface area contributed by atoms with Crippen molar-refractivity contribution in [2.75, 3.05) is 38.3 Å². The lowest BCUT2D eigenvalue weighted by molar-refractivity contribution is -0.129. The molecule has 0 saturated carbocycles. The monoisotopic (exact) mass is 334 g/mol. The molecule has 1 aromatic carbocycles. The largest absolute Gasteiger partial charge is 0.480 e. The standard InChI is InChI=1S/C18H23FN2O3/c1-23-12-4-7-16-17(22)21(15-6-3-2-5-14(15)19)13-18(24-16)8-10-20-11-9-18/h2-3,5-7,20H,4,8-13H2,1H3. The first-order chi connectivity index (χ1) is 11.7. The number of morpholine rings is 1. The van der Waals surface area contributed by atoms with Crippen LogP contribution >= 0.6 is 0 Å². The molecule has 5 nitrogen and oxygen atoms in total. The molecule has 0 bridgehead atoms. The highest BCUT2D eigenvalue weighted by atomic mass is 19.1. The van der Waals surface area contributed by atoms with Crippen molar-refractivity contribution >= 4 is 11.6 Å². The highest BCUT2D eigenvalue weighted by molar-refractivity contribution is 6.05. The topological polar surface area (TPSA) is 50.8 Å². The van der Waals surface area contributed by atoms with Crippen molar-refractivity contribution in [1.29, 1.82) is 0 Å². The van der Waals surface area contributed by atoms with Crippen LogP contribution in [0.1, 0.15) is 19.3 Å². The highest BCUT2D eigenvalue weighted by Crippen LogP contribution is 2.35. The second kappa shape index (κ2) is 7.32. The third-order valence-electron chi connectivity index (χ3n) is 4.54. The van der Waals surface area contributed by atoms with E-state index in [0.717, 1.165) is 25.9 Å². The minimum Gasteiger partial charge on any atom is -0.480 e. The number of para-hydroxylation sites is 1. The van der Waals surface area contributed by atoms with Gasteiger partial charge in [-0.25, -0.2) is 4.39 Å². The van der Waals surface area contributed by atoms with Gasteiger partial charge in [-0.3, -0.25) is 9.69 Å². The molecule has 6 heteroatoms. The summed E-state index contributed by atoms with van der Waals surface area (Å²) in [5, 5.41) is 3.30. The van der Waals surface area contributed by atoms with E-state index >= 15 is 0 Å². The molecule has 1 aromatic rings. The van der Waals surface area contributed by atoms with E-state index in [1.807, 2.05) is 0 Å². The van der Waals surface area contributed by atoms with Crippen molar-refractivity contribution in [2.24, 2.45) is 0 Å². The fraction of sp³-hybridized carbons (Fsp3) is 0.500. The fourth-order valence-corrected chi connectivity index (χ4v) is 3.25. The lowest BCUT2D eigenvalue weighted by atomic mass is 9.89. The van der Waals surface area contributed by atoms with E-state index in [-0.39, 0.29) is 5.91 Å². The highest BCUT2D eigenvalue weighted by Gasteiger charge is 2.44. The molecule has 0 unspecified atom stereocenters. The van der Waals surface area contributed by atoms with E-state index in [2.05, 4.69) is 5.32 Å². The number of hydrogen-bond acceptors (Lipinski definition) is 4.